The SMILES string of the molecule is COCOC(C1OC(C)(C)OC1(C)C(C=C(Br)Br)OCOC)C(C)(C)C(=O)OC. The summed E-state index contributed by atoms with van der Waals surface area (Å²) in [5.41, 5.74) is -2.11. The van der Waals surface area contributed by atoms with Gasteiger partial charge in [-0.2, -0.15) is 0 Å². The molecule has 0 aromatic carbocycles. The molecule has 1 aliphatic rings. The van der Waals surface area contributed by atoms with Gasteiger partial charge in [-0.1, -0.05) is 0 Å². The Labute approximate surface area is 189 Å². The van der Waals surface area contributed by atoms with Gasteiger partial charge in [-0.15, -0.1) is 0 Å². The molecule has 1 fully saturated rings. The highest BCUT2D eigenvalue weighted by molar-refractivity contribution is 9.28. The first kappa shape index (κ1) is 27.0. The number of carbonyl (C=O) groups excluding carboxylic acids is 1. The van der Waals surface area contributed by atoms with Gasteiger partial charge >= 0.3 is 5.97 Å². The van der Waals surface area contributed by atoms with E-state index in [4.69, 9.17) is 33.2 Å². The topological polar surface area (TPSA) is 81.7 Å². The first-order chi connectivity index (χ1) is 13.4. The fraction of sp³-hybridized carbons (Fsp3) is 0.842. The van der Waals surface area contributed by atoms with E-state index >= 15 is 0 Å². The lowest BCUT2D eigenvalue weighted by atomic mass is 9.76. The third-order valence-electron chi connectivity index (χ3n) is 4.71. The lowest BCUT2D eigenvalue weighted by molar-refractivity contribution is -0.201. The van der Waals surface area contributed by atoms with Crippen LogP contribution in [-0.4, -0.2) is 70.6 Å². The van der Waals surface area contributed by atoms with E-state index in [1.54, 1.807) is 33.8 Å². The van der Waals surface area contributed by atoms with Crippen LogP contribution in [0.2, 0.25) is 0 Å². The molecule has 0 aromatic heterocycles. The Morgan fingerprint density at radius 3 is 2.14 bits per heavy atom. The highest BCUT2D eigenvalue weighted by Gasteiger charge is 2.61. The summed E-state index contributed by atoms with van der Waals surface area (Å²) >= 11 is 6.75. The van der Waals surface area contributed by atoms with Gasteiger partial charge in [0.25, 0.3) is 0 Å². The van der Waals surface area contributed by atoms with Gasteiger partial charge in [-0.05, 0) is 72.6 Å². The minimum atomic E-state index is -1.07. The molecular weight excluding hydrogens is 516 g/mol. The Hall–Kier alpha value is -0.0700. The Balaban J connectivity index is 3.48. The molecule has 0 amide bonds. The van der Waals surface area contributed by atoms with Crippen molar-refractivity contribution in [2.24, 2.45) is 5.41 Å². The van der Waals surface area contributed by atoms with Gasteiger partial charge < -0.3 is 33.2 Å². The standard InChI is InChI=1S/C19H32Br2O8/c1-17(2,16(22)25-8)14(27-11-24-7)15-19(5,29-18(3,4)28-15)12(9-13(20)21)26-10-23-6/h9,12,14-15H,10-11H2,1-8H3. The molecule has 170 valence electrons. The predicted octanol–water partition coefficient (Wildman–Crippen LogP) is 3.71. The molecule has 0 N–H and O–H groups in total. The predicted molar refractivity (Wildman–Crippen MR) is 114 cm³/mol. The molecule has 0 radical (unpaired) electrons. The monoisotopic (exact) mass is 546 g/mol. The zero-order valence-electron chi connectivity index (χ0n) is 18.2. The lowest BCUT2D eigenvalue weighted by Crippen LogP contribution is -2.59. The van der Waals surface area contributed by atoms with Gasteiger partial charge in [0.15, 0.2) is 5.79 Å². The lowest BCUT2D eigenvalue weighted by Gasteiger charge is -2.42. The molecule has 4 unspecified atom stereocenters. The fourth-order valence-corrected chi connectivity index (χ4v) is 3.93. The van der Waals surface area contributed by atoms with Crippen molar-refractivity contribution in [1.29, 1.82) is 0 Å². The average molecular weight is 548 g/mol. The quantitative estimate of drug-likeness (QED) is 0.286. The van der Waals surface area contributed by atoms with Crippen molar-refractivity contribution in [3.63, 3.8) is 0 Å². The molecule has 1 aliphatic heterocycles. The number of ether oxygens (including phenoxy) is 7. The van der Waals surface area contributed by atoms with E-state index in [2.05, 4.69) is 31.9 Å². The van der Waals surface area contributed by atoms with E-state index in [0.717, 1.165) is 0 Å². The number of hydrogen-bond donors (Lipinski definition) is 0. The third-order valence-corrected chi connectivity index (χ3v) is 5.24. The van der Waals surface area contributed by atoms with Gasteiger partial charge in [0.1, 0.15) is 37.5 Å². The van der Waals surface area contributed by atoms with Crippen molar-refractivity contribution in [2.45, 2.75) is 64.3 Å². The zero-order chi connectivity index (χ0) is 22.5. The summed E-state index contributed by atoms with van der Waals surface area (Å²) in [4.78, 5) is 12.6. The van der Waals surface area contributed by atoms with Crippen molar-refractivity contribution in [1.82, 2.24) is 0 Å². The van der Waals surface area contributed by atoms with Crippen molar-refractivity contribution < 1.29 is 38.0 Å². The zero-order valence-corrected chi connectivity index (χ0v) is 21.4. The molecule has 0 spiro atoms. The van der Waals surface area contributed by atoms with E-state index in [9.17, 15) is 4.79 Å². The van der Waals surface area contributed by atoms with Crippen LogP contribution in [0.1, 0.15) is 34.6 Å². The highest BCUT2D eigenvalue weighted by atomic mass is 79.9. The van der Waals surface area contributed by atoms with E-state index in [1.165, 1.54) is 21.3 Å². The van der Waals surface area contributed by atoms with Crippen molar-refractivity contribution in [2.75, 3.05) is 34.9 Å². The number of methoxy groups -OCH3 is 3. The van der Waals surface area contributed by atoms with Crippen LogP contribution in [0.3, 0.4) is 0 Å². The summed E-state index contributed by atoms with van der Waals surface area (Å²) in [7, 11) is 4.37. The summed E-state index contributed by atoms with van der Waals surface area (Å²) < 4.78 is 40.3. The molecular formula is C19H32Br2O8. The molecule has 10 heteroatoms. The van der Waals surface area contributed by atoms with Crippen LogP contribution >= 0.6 is 31.9 Å². The van der Waals surface area contributed by atoms with Crippen LogP contribution in [0.5, 0.6) is 0 Å². The van der Waals surface area contributed by atoms with Gasteiger partial charge in [-0.25, -0.2) is 0 Å². The summed E-state index contributed by atoms with van der Waals surface area (Å²) in [5, 5.41) is 0. The normalized spacial score (nSPS) is 26.1. The molecule has 4 atom stereocenters. The summed E-state index contributed by atoms with van der Waals surface area (Å²) in [6, 6.07) is 0. The van der Waals surface area contributed by atoms with Crippen LogP contribution < -0.4 is 0 Å². The van der Waals surface area contributed by atoms with Crippen LogP contribution in [0, 0.1) is 5.41 Å². The maximum Gasteiger partial charge on any atom is 0.313 e. The highest BCUT2D eigenvalue weighted by Crippen LogP contribution is 2.46. The Kier molecular flexibility index (Phi) is 10.2. The van der Waals surface area contributed by atoms with E-state index in [0.29, 0.717) is 3.39 Å². The van der Waals surface area contributed by atoms with Gasteiger partial charge in [0.2, 0.25) is 0 Å². The average Bonchev–Trinajstić information content (AvgIpc) is 2.87. The number of hydrogen-bond acceptors (Lipinski definition) is 8. The molecule has 0 aromatic rings. The van der Waals surface area contributed by atoms with E-state index in [-0.39, 0.29) is 13.6 Å². The van der Waals surface area contributed by atoms with E-state index < -0.39 is 41.1 Å². The largest absolute Gasteiger partial charge is 0.469 e. The molecule has 0 saturated carbocycles. The fourth-order valence-electron chi connectivity index (χ4n) is 3.45. The molecule has 1 saturated heterocycles. The number of esters is 1. The summed E-state index contributed by atoms with van der Waals surface area (Å²) in [6.07, 6.45) is -0.294. The van der Waals surface area contributed by atoms with Crippen LogP contribution in [0.4, 0.5) is 0 Å². The Morgan fingerprint density at radius 2 is 1.66 bits per heavy atom. The van der Waals surface area contributed by atoms with Crippen molar-refractivity contribution in [3.8, 4) is 0 Å². The molecule has 0 aliphatic carbocycles. The minimum absolute atomic E-state index is 0.0323. The molecule has 29 heavy (non-hydrogen) atoms. The molecule has 8 nitrogen and oxygen atoms in total. The van der Waals surface area contributed by atoms with Crippen molar-refractivity contribution >= 4 is 37.8 Å². The second kappa shape index (κ2) is 11.0. The minimum Gasteiger partial charge on any atom is -0.469 e. The number of carbonyl (C=O) groups is 1. The van der Waals surface area contributed by atoms with Crippen molar-refractivity contribution in [3.05, 3.63) is 9.47 Å². The third kappa shape index (κ3) is 6.70. The smallest absolute Gasteiger partial charge is 0.313 e. The number of halogens is 2. The van der Waals surface area contributed by atoms with Crippen LogP contribution in [-0.2, 0) is 38.0 Å². The summed E-state index contributed by atoms with van der Waals surface area (Å²) in [5.74, 6) is -1.40. The van der Waals surface area contributed by atoms with Crippen LogP contribution in [0.15, 0.2) is 9.47 Å². The molecule has 1 rings (SSSR count). The second-order valence-electron chi connectivity index (χ2n) is 7.88. The molecule has 0 bridgehead atoms. The van der Waals surface area contributed by atoms with Crippen LogP contribution in [0.25, 0.3) is 0 Å². The maximum absolute atomic E-state index is 12.6. The van der Waals surface area contributed by atoms with Gasteiger partial charge in [0, 0.05) is 14.2 Å². The first-order valence-electron chi connectivity index (χ1n) is 9.06. The Bertz CT molecular complexity index is 577. The summed E-state index contributed by atoms with van der Waals surface area (Å²) in [6.45, 7) is 8.90. The molecule has 1 heterocycles. The van der Waals surface area contributed by atoms with Gasteiger partial charge in [0.05, 0.1) is 15.9 Å². The van der Waals surface area contributed by atoms with Gasteiger partial charge in [-0.3, -0.25) is 4.79 Å². The maximum atomic E-state index is 12.6. The number of rotatable bonds is 11. The van der Waals surface area contributed by atoms with E-state index in [1.807, 2.05) is 6.92 Å². The Morgan fingerprint density at radius 1 is 1.10 bits per heavy atom. The first-order valence-corrected chi connectivity index (χ1v) is 10.6. The second-order valence-corrected chi connectivity index (χ2v) is 10.7.